The smallest absolute Gasteiger partial charge is 0.279 e. The fourth-order valence-corrected chi connectivity index (χ4v) is 4.27. The monoisotopic (exact) mass is 401 g/mol. The number of amides is 1. The topological polar surface area (TPSA) is 53.2 Å². The van der Waals surface area contributed by atoms with E-state index < -0.39 is 0 Å². The highest BCUT2D eigenvalue weighted by Gasteiger charge is 2.12. The van der Waals surface area contributed by atoms with E-state index in [1.54, 1.807) is 17.8 Å². The number of carbonyl (C=O) groups excluding carboxylic acids is 1. The van der Waals surface area contributed by atoms with Crippen molar-refractivity contribution in [3.8, 4) is 0 Å². The van der Waals surface area contributed by atoms with Crippen molar-refractivity contribution in [3.63, 3.8) is 0 Å². The second-order valence-corrected chi connectivity index (χ2v) is 7.24. The molecule has 1 amide bonds. The molecule has 0 aliphatic carbocycles. The third kappa shape index (κ3) is 4.70. The Labute approximate surface area is 144 Å². The average Bonchev–Trinajstić information content (AvgIpc) is 2.87. The molecule has 1 aromatic carbocycles. The largest absolute Gasteiger partial charge is 0.331 e. The standard InChI is InChI=1S/C13H12BrN3OS3/c1-20-12-9(14)7-10(21-12)11(18)16-17-13(19)15-8-5-3-2-4-6-8/h2-7H,1H3,(H,16,18)(H2,15,17,19). The first-order valence-electron chi connectivity index (χ1n) is 5.86. The van der Waals surface area contributed by atoms with Crippen LogP contribution in [0.2, 0.25) is 0 Å². The van der Waals surface area contributed by atoms with Crippen LogP contribution in [-0.2, 0) is 0 Å². The molecule has 0 radical (unpaired) electrons. The van der Waals surface area contributed by atoms with Crippen LogP contribution in [0.25, 0.3) is 0 Å². The molecule has 110 valence electrons. The van der Waals surface area contributed by atoms with E-state index in [-0.39, 0.29) is 5.91 Å². The van der Waals surface area contributed by atoms with Gasteiger partial charge in [-0.15, -0.1) is 23.1 Å². The number of halogens is 1. The summed E-state index contributed by atoms with van der Waals surface area (Å²) in [6.45, 7) is 0. The van der Waals surface area contributed by atoms with E-state index in [4.69, 9.17) is 12.2 Å². The first-order valence-corrected chi connectivity index (χ1v) is 9.10. The first-order chi connectivity index (χ1) is 10.1. The van der Waals surface area contributed by atoms with Crippen molar-refractivity contribution >= 4 is 68.0 Å². The van der Waals surface area contributed by atoms with Crippen molar-refractivity contribution in [2.75, 3.05) is 11.6 Å². The summed E-state index contributed by atoms with van der Waals surface area (Å²) in [4.78, 5) is 12.6. The van der Waals surface area contributed by atoms with E-state index in [0.29, 0.717) is 9.99 Å². The molecule has 8 heteroatoms. The van der Waals surface area contributed by atoms with E-state index in [9.17, 15) is 4.79 Å². The van der Waals surface area contributed by atoms with Gasteiger partial charge < -0.3 is 5.32 Å². The molecule has 0 saturated heterocycles. The van der Waals surface area contributed by atoms with E-state index in [1.807, 2.05) is 36.6 Å². The molecule has 21 heavy (non-hydrogen) atoms. The summed E-state index contributed by atoms with van der Waals surface area (Å²) in [5.74, 6) is -0.224. The maximum absolute atomic E-state index is 12.0. The Balaban J connectivity index is 1.87. The van der Waals surface area contributed by atoms with E-state index >= 15 is 0 Å². The van der Waals surface area contributed by atoms with E-state index in [1.165, 1.54) is 11.3 Å². The lowest BCUT2D eigenvalue weighted by molar-refractivity contribution is 0.0948. The highest BCUT2D eigenvalue weighted by molar-refractivity contribution is 9.10. The molecule has 0 atom stereocenters. The Morgan fingerprint density at radius 1 is 1.29 bits per heavy atom. The van der Waals surface area contributed by atoms with Crippen LogP contribution in [0, 0.1) is 0 Å². The molecule has 4 nitrogen and oxygen atoms in total. The maximum Gasteiger partial charge on any atom is 0.279 e. The zero-order chi connectivity index (χ0) is 15.2. The number of rotatable bonds is 3. The van der Waals surface area contributed by atoms with Crippen molar-refractivity contribution in [2.45, 2.75) is 4.21 Å². The number of para-hydroxylation sites is 1. The van der Waals surface area contributed by atoms with Crippen LogP contribution in [0.5, 0.6) is 0 Å². The van der Waals surface area contributed by atoms with Gasteiger partial charge in [0.1, 0.15) is 0 Å². The van der Waals surface area contributed by atoms with E-state index in [0.717, 1.165) is 14.4 Å². The zero-order valence-corrected chi connectivity index (χ0v) is 15.0. The van der Waals surface area contributed by atoms with Crippen molar-refractivity contribution in [1.82, 2.24) is 10.9 Å². The van der Waals surface area contributed by atoms with Gasteiger partial charge in [-0.05, 0) is 52.6 Å². The summed E-state index contributed by atoms with van der Waals surface area (Å²) < 4.78 is 1.99. The summed E-state index contributed by atoms with van der Waals surface area (Å²) in [5.41, 5.74) is 6.11. The Morgan fingerprint density at radius 2 is 2.00 bits per heavy atom. The molecule has 0 spiro atoms. The number of hydrogen-bond acceptors (Lipinski definition) is 4. The number of thioether (sulfide) groups is 1. The number of hydrogen-bond donors (Lipinski definition) is 3. The van der Waals surface area contributed by atoms with Crippen molar-refractivity contribution in [2.24, 2.45) is 0 Å². The van der Waals surface area contributed by atoms with Crippen LogP contribution in [0.1, 0.15) is 9.67 Å². The van der Waals surface area contributed by atoms with Gasteiger partial charge in [0.15, 0.2) is 5.11 Å². The van der Waals surface area contributed by atoms with Gasteiger partial charge in [0.25, 0.3) is 5.91 Å². The average molecular weight is 402 g/mol. The second-order valence-electron chi connectivity index (χ2n) is 3.85. The Morgan fingerprint density at radius 3 is 2.62 bits per heavy atom. The number of anilines is 1. The molecule has 0 aliphatic rings. The minimum atomic E-state index is -0.224. The van der Waals surface area contributed by atoms with E-state index in [2.05, 4.69) is 32.1 Å². The van der Waals surface area contributed by atoms with Crippen LogP contribution in [-0.4, -0.2) is 17.3 Å². The number of nitrogens with one attached hydrogen (secondary N) is 3. The van der Waals surface area contributed by atoms with Crippen molar-refractivity contribution in [3.05, 3.63) is 45.7 Å². The molecule has 2 rings (SSSR count). The number of carbonyl (C=O) groups is 1. The van der Waals surface area contributed by atoms with Crippen LogP contribution >= 0.6 is 51.2 Å². The molecule has 0 saturated carbocycles. The van der Waals surface area contributed by atoms with Crippen LogP contribution in [0.4, 0.5) is 5.69 Å². The molecule has 3 N–H and O–H groups in total. The third-order valence-corrected chi connectivity index (χ3v) is 6.01. The molecular weight excluding hydrogens is 390 g/mol. The number of thiophene rings is 1. The summed E-state index contributed by atoms with van der Waals surface area (Å²) in [6.07, 6.45) is 1.97. The minimum Gasteiger partial charge on any atom is -0.331 e. The number of hydrazine groups is 1. The molecule has 0 fully saturated rings. The van der Waals surface area contributed by atoms with Crippen molar-refractivity contribution in [1.29, 1.82) is 0 Å². The maximum atomic E-state index is 12.0. The SMILES string of the molecule is CSc1sc(C(=O)NNC(=S)Nc2ccccc2)cc1Br. The molecule has 0 aliphatic heterocycles. The quantitative estimate of drug-likeness (QED) is 0.414. The van der Waals surface area contributed by atoms with Crippen LogP contribution in [0.15, 0.2) is 45.1 Å². The molecule has 2 aromatic rings. The zero-order valence-electron chi connectivity index (χ0n) is 11.0. The molecule has 1 aromatic heterocycles. The molecule has 0 unspecified atom stereocenters. The second kappa shape index (κ2) is 7.79. The van der Waals surface area contributed by atoms with Gasteiger partial charge >= 0.3 is 0 Å². The fraction of sp³-hybridized carbons (Fsp3) is 0.0769. The van der Waals surface area contributed by atoms with Gasteiger partial charge in [-0.1, -0.05) is 18.2 Å². The Hall–Kier alpha value is -1.09. The summed E-state index contributed by atoms with van der Waals surface area (Å²) in [5, 5.41) is 3.30. The lowest BCUT2D eigenvalue weighted by atomic mass is 10.3. The first kappa shape index (κ1) is 16.3. The summed E-state index contributed by atoms with van der Waals surface area (Å²) in [7, 11) is 0. The van der Waals surface area contributed by atoms with Crippen LogP contribution < -0.4 is 16.2 Å². The number of thiocarbonyl (C=S) groups is 1. The highest BCUT2D eigenvalue weighted by atomic mass is 79.9. The minimum absolute atomic E-state index is 0.224. The van der Waals surface area contributed by atoms with Crippen LogP contribution in [0.3, 0.4) is 0 Å². The lowest BCUT2D eigenvalue weighted by Crippen LogP contribution is -2.43. The summed E-state index contributed by atoms with van der Waals surface area (Å²) >= 11 is 11.5. The van der Waals surface area contributed by atoms with Gasteiger partial charge in [0, 0.05) is 10.2 Å². The van der Waals surface area contributed by atoms with Gasteiger partial charge in [0.2, 0.25) is 0 Å². The third-order valence-electron chi connectivity index (χ3n) is 2.39. The van der Waals surface area contributed by atoms with Gasteiger partial charge in [-0.25, -0.2) is 0 Å². The Bertz CT molecular complexity index is 645. The van der Waals surface area contributed by atoms with Gasteiger partial charge in [-0.2, -0.15) is 0 Å². The predicted molar refractivity (Wildman–Crippen MR) is 97.1 cm³/mol. The van der Waals surface area contributed by atoms with Crippen molar-refractivity contribution < 1.29 is 4.79 Å². The predicted octanol–water partition coefficient (Wildman–Crippen LogP) is 3.86. The molecule has 1 heterocycles. The highest BCUT2D eigenvalue weighted by Crippen LogP contribution is 2.34. The molecular formula is C13H12BrN3OS3. The lowest BCUT2D eigenvalue weighted by Gasteiger charge is -2.10. The summed E-state index contributed by atoms with van der Waals surface area (Å²) in [6, 6.07) is 11.3. The molecule has 0 bridgehead atoms. The fourth-order valence-electron chi connectivity index (χ4n) is 1.46. The Kier molecular flexibility index (Phi) is 6.04. The van der Waals surface area contributed by atoms with Gasteiger partial charge in [-0.3, -0.25) is 15.6 Å². The van der Waals surface area contributed by atoms with Gasteiger partial charge in [0.05, 0.1) is 9.09 Å². The normalized spacial score (nSPS) is 10.0. The number of benzene rings is 1.